The highest BCUT2D eigenvalue weighted by atomic mass is 32.1. The fourth-order valence-electron chi connectivity index (χ4n) is 1.33. The summed E-state index contributed by atoms with van der Waals surface area (Å²) < 4.78 is 0. The largest absolute Gasteiger partial charge is 0.550 e. The average Bonchev–Trinajstić information content (AvgIpc) is 2.56. The summed E-state index contributed by atoms with van der Waals surface area (Å²) in [6.45, 7) is 1.86. The van der Waals surface area contributed by atoms with Gasteiger partial charge in [-0.1, -0.05) is 6.07 Å². The van der Waals surface area contributed by atoms with E-state index in [0.29, 0.717) is 6.42 Å². The van der Waals surface area contributed by atoms with Gasteiger partial charge in [0.15, 0.2) is 0 Å². The van der Waals surface area contributed by atoms with Gasteiger partial charge in [-0.2, -0.15) is 0 Å². The fourth-order valence-corrected chi connectivity index (χ4v) is 2.15. The molecule has 0 spiro atoms. The molecular weight excluding hydrogens is 198 g/mol. The molecule has 0 saturated heterocycles. The van der Waals surface area contributed by atoms with Crippen LogP contribution in [0.5, 0.6) is 0 Å². The predicted molar refractivity (Wildman–Crippen MR) is 54.0 cm³/mol. The molecule has 0 radical (unpaired) electrons. The van der Waals surface area contributed by atoms with Crippen molar-refractivity contribution in [3.05, 3.63) is 22.4 Å². The van der Waals surface area contributed by atoms with Crippen LogP contribution in [0.15, 0.2) is 17.5 Å². The van der Waals surface area contributed by atoms with Crippen LogP contribution in [0.2, 0.25) is 0 Å². The van der Waals surface area contributed by atoms with Crippen molar-refractivity contribution in [2.24, 2.45) is 0 Å². The highest BCUT2D eigenvalue weighted by Gasteiger charge is 2.03. The number of carbonyl (C=O) groups is 1. The summed E-state index contributed by atoms with van der Waals surface area (Å²) in [5.41, 5.74) is 0. The third kappa shape index (κ3) is 4.39. The first-order chi connectivity index (χ1) is 6.68. The van der Waals surface area contributed by atoms with Crippen molar-refractivity contribution in [2.45, 2.75) is 19.4 Å². The van der Waals surface area contributed by atoms with Gasteiger partial charge in [0.1, 0.15) is 6.54 Å². The molecular formula is C10H15NO2S. The number of aliphatic carboxylic acids is 1. The van der Waals surface area contributed by atoms with Crippen molar-refractivity contribution >= 4 is 17.3 Å². The van der Waals surface area contributed by atoms with Crippen LogP contribution in [-0.2, 0) is 11.3 Å². The van der Waals surface area contributed by atoms with Crippen LogP contribution in [-0.4, -0.2) is 19.6 Å². The lowest BCUT2D eigenvalue weighted by molar-refractivity contribution is -0.893. The van der Waals surface area contributed by atoms with E-state index in [2.05, 4.69) is 18.5 Å². The molecule has 3 nitrogen and oxygen atoms in total. The van der Waals surface area contributed by atoms with Crippen molar-refractivity contribution < 1.29 is 14.8 Å². The quantitative estimate of drug-likeness (QED) is 0.678. The normalized spacial score (nSPS) is 12.6. The van der Waals surface area contributed by atoms with Crippen molar-refractivity contribution in [3.63, 3.8) is 0 Å². The Morgan fingerprint density at radius 1 is 1.64 bits per heavy atom. The molecule has 1 atom stereocenters. The van der Waals surface area contributed by atoms with E-state index in [1.807, 2.05) is 6.07 Å². The Bertz CT molecular complexity index is 272. The summed E-state index contributed by atoms with van der Waals surface area (Å²) in [7, 11) is 2.08. The lowest BCUT2D eigenvalue weighted by Gasteiger charge is -2.12. The Labute approximate surface area is 88.0 Å². The van der Waals surface area contributed by atoms with Gasteiger partial charge in [-0.3, -0.25) is 0 Å². The molecule has 0 fully saturated rings. The topological polar surface area (TPSA) is 44.6 Å². The van der Waals surface area contributed by atoms with E-state index in [0.717, 1.165) is 13.1 Å². The number of quaternary nitrogens is 1. The summed E-state index contributed by atoms with van der Waals surface area (Å²) >= 11 is 1.74. The Hall–Kier alpha value is -0.870. The molecule has 1 rings (SSSR count). The third-order valence-corrected chi connectivity index (χ3v) is 2.92. The molecule has 0 saturated carbocycles. The first kappa shape index (κ1) is 11.2. The van der Waals surface area contributed by atoms with E-state index in [9.17, 15) is 9.90 Å². The number of carboxylic acid groups (broad SMARTS) is 1. The third-order valence-electron chi connectivity index (χ3n) is 2.04. The van der Waals surface area contributed by atoms with E-state index in [1.54, 1.807) is 11.3 Å². The zero-order valence-corrected chi connectivity index (χ0v) is 9.10. The van der Waals surface area contributed by atoms with Gasteiger partial charge in [0.05, 0.1) is 18.5 Å². The number of carbonyl (C=O) groups excluding carboxylic acids is 1. The van der Waals surface area contributed by atoms with E-state index in [-0.39, 0.29) is 6.42 Å². The molecule has 0 bridgehead atoms. The van der Waals surface area contributed by atoms with Crippen LogP contribution in [0, 0.1) is 0 Å². The molecule has 0 aliphatic heterocycles. The van der Waals surface area contributed by atoms with Gasteiger partial charge >= 0.3 is 0 Å². The van der Waals surface area contributed by atoms with E-state index >= 15 is 0 Å². The lowest BCUT2D eigenvalue weighted by atomic mass is 10.3. The molecule has 0 aliphatic carbocycles. The summed E-state index contributed by atoms with van der Waals surface area (Å²) in [5.74, 6) is -0.950. The minimum absolute atomic E-state index is 0.168. The van der Waals surface area contributed by atoms with Gasteiger partial charge < -0.3 is 14.8 Å². The number of hydrogen-bond acceptors (Lipinski definition) is 3. The van der Waals surface area contributed by atoms with Crippen LogP contribution < -0.4 is 10.0 Å². The smallest absolute Gasteiger partial charge is 0.112 e. The maximum absolute atomic E-state index is 10.2. The first-order valence-electron chi connectivity index (χ1n) is 4.72. The van der Waals surface area contributed by atoms with Crippen molar-refractivity contribution in [3.8, 4) is 0 Å². The summed E-state index contributed by atoms with van der Waals surface area (Å²) in [6, 6.07) is 4.14. The van der Waals surface area contributed by atoms with Crippen molar-refractivity contribution in [1.29, 1.82) is 0 Å². The molecule has 0 aliphatic rings. The Morgan fingerprint density at radius 3 is 3.00 bits per heavy atom. The van der Waals surface area contributed by atoms with Crippen LogP contribution in [0.25, 0.3) is 0 Å². The van der Waals surface area contributed by atoms with Gasteiger partial charge in [0.25, 0.3) is 0 Å². The minimum Gasteiger partial charge on any atom is -0.550 e. The van der Waals surface area contributed by atoms with Crippen LogP contribution in [0.1, 0.15) is 17.7 Å². The SMILES string of the molecule is C[NH+](CCCC(=O)[O-])Cc1cccs1. The Morgan fingerprint density at radius 2 is 2.43 bits per heavy atom. The number of thiophene rings is 1. The molecule has 0 aromatic carbocycles. The first-order valence-corrected chi connectivity index (χ1v) is 5.60. The number of hydrogen-bond donors (Lipinski definition) is 1. The number of carboxylic acids is 1. The highest BCUT2D eigenvalue weighted by Crippen LogP contribution is 2.05. The second-order valence-corrected chi connectivity index (χ2v) is 4.47. The van der Waals surface area contributed by atoms with Gasteiger partial charge in [0, 0.05) is 12.4 Å². The maximum Gasteiger partial charge on any atom is 0.112 e. The Balaban J connectivity index is 2.16. The second-order valence-electron chi connectivity index (χ2n) is 3.44. The minimum atomic E-state index is -0.950. The maximum atomic E-state index is 10.2. The van der Waals surface area contributed by atoms with Gasteiger partial charge in [0.2, 0.25) is 0 Å². The summed E-state index contributed by atoms with van der Waals surface area (Å²) in [4.78, 5) is 12.9. The van der Waals surface area contributed by atoms with Gasteiger partial charge in [-0.05, 0) is 17.9 Å². The zero-order chi connectivity index (χ0) is 10.4. The van der Waals surface area contributed by atoms with Crippen LogP contribution in [0.3, 0.4) is 0 Å². The molecule has 1 unspecified atom stereocenters. The zero-order valence-electron chi connectivity index (χ0n) is 8.29. The monoisotopic (exact) mass is 213 g/mol. The van der Waals surface area contributed by atoms with Crippen LogP contribution in [0.4, 0.5) is 0 Å². The Kier molecular flexibility index (Phi) is 4.62. The molecule has 1 aromatic heterocycles. The number of nitrogens with one attached hydrogen (secondary N) is 1. The van der Waals surface area contributed by atoms with Crippen molar-refractivity contribution in [1.82, 2.24) is 0 Å². The molecule has 1 aromatic rings. The lowest BCUT2D eigenvalue weighted by Crippen LogP contribution is -3.07. The van der Waals surface area contributed by atoms with E-state index < -0.39 is 5.97 Å². The summed E-state index contributed by atoms with van der Waals surface area (Å²) in [5, 5.41) is 12.2. The van der Waals surface area contributed by atoms with Crippen LogP contribution >= 0.6 is 11.3 Å². The van der Waals surface area contributed by atoms with Crippen molar-refractivity contribution in [2.75, 3.05) is 13.6 Å². The van der Waals surface area contributed by atoms with E-state index in [4.69, 9.17) is 0 Å². The summed E-state index contributed by atoms with van der Waals surface area (Å²) in [6.07, 6.45) is 0.862. The number of rotatable bonds is 6. The molecule has 1 N–H and O–H groups in total. The van der Waals surface area contributed by atoms with Gasteiger partial charge in [-0.15, -0.1) is 11.3 Å². The predicted octanol–water partition coefficient (Wildman–Crippen LogP) is -0.707. The molecule has 14 heavy (non-hydrogen) atoms. The van der Waals surface area contributed by atoms with Gasteiger partial charge in [-0.25, -0.2) is 0 Å². The molecule has 1 heterocycles. The highest BCUT2D eigenvalue weighted by molar-refractivity contribution is 7.09. The molecule has 78 valence electrons. The second kappa shape index (κ2) is 5.78. The molecule has 4 heteroatoms. The molecule has 0 amide bonds. The average molecular weight is 213 g/mol. The standard InChI is InChI=1S/C10H15NO2S/c1-11(6-2-5-10(12)13)8-9-4-3-7-14-9/h3-4,7H,2,5-6,8H2,1H3,(H,12,13). The fraction of sp³-hybridized carbons (Fsp3) is 0.500. The van der Waals surface area contributed by atoms with E-state index in [1.165, 1.54) is 9.78 Å².